The molecule has 1 aromatic rings. The normalized spacial score (nSPS) is 14.3. The smallest absolute Gasteiger partial charge is 0.132 e. The number of aliphatic hydroxyl groups excluding tert-OH is 1. The highest BCUT2D eigenvalue weighted by molar-refractivity contribution is 6.91. The van der Waals surface area contributed by atoms with Gasteiger partial charge < -0.3 is 9.52 Å². The second-order valence-corrected chi connectivity index (χ2v) is 10.4. The minimum absolute atomic E-state index is 0.100. The van der Waals surface area contributed by atoms with Crippen LogP contribution in [-0.4, -0.2) is 13.2 Å². The van der Waals surface area contributed by atoms with Gasteiger partial charge in [0.15, 0.2) is 0 Å². The quantitative estimate of drug-likeness (QED) is 0.766. The molecular formula is C11H20O2Si. The molecule has 0 spiro atoms. The minimum atomic E-state index is -1.77. The Balaban J connectivity index is 3.27. The molecule has 1 heterocycles. The van der Waals surface area contributed by atoms with Crippen molar-refractivity contribution in [1.29, 1.82) is 0 Å². The number of hydrogen-bond donors (Lipinski definition) is 1. The molecule has 1 aromatic heterocycles. The molecule has 0 bridgehead atoms. The summed E-state index contributed by atoms with van der Waals surface area (Å²) in [7, 11) is -1.77. The van der Waals surface area contributed by atoms with Gasteiger partial charge in [-0.1, -0.05) is 33.9 Å². The summed E-state index contributed by atoms with van der Waals surface area (Å²) in [5.41, 5.74) is 0.668. The highest BCUT2D eigenvalue weighted by atomic mass is 28.3. The van der Waals surface area contributed by atoms with E-state index in [-0.39, 0.29) is 11.6 Å². The van der Waals surface area contributed by atoms with Crippen molar-refractivity contribution in [3.63, 3.8) is 0 Å². The Morgan fingerprint density at radius 2 is 2.07 bits per heavy atom. The standard InChI is InChI=1S/C11H20O2Si/c1-11(2,3)14(4,5)10-9(8-12)6-7-13-10/h6-7,12H,8H2,1-5H3/i6D. The molecule has 1 N–H and O–H groups in total. The second-order valence-electron chi connectivity index (χ2n) is 5.22. The fraction of sp³-hybridized carbons (Fsp3) is 0.636. The van der Waals surface area contributed by atoms with Crippen LogP contribution in [0.5, 0.6) is 0 Å². The monoisotopic (exact) mass is 213 g/mol. The van der Waals surface area contributed by atoms with Crippen LogP contribution in [0.1, 0.15) is 27.7 Å². The first-order valence-electron chi connectivity index (χ1n) is 5.40. The maximum Gasteiger partial charge on any atom is 0.132 e. The molecule has 3 heteroatoms. The van der Waals surface area contributed by atoms with Crippen LogP contribution in [0.15, 0.2) is 16.7 Å². The number of aliphatic hydroxyl groups is 1. The number of hydrogen-bond acceptors (Lipinski definition) is 2. The SMILES string of the molecule is [2H]c1coc([Si](C)(C)C(C)(C)C)c1CO. The van der Waals surface area contributed by atoms with Crippen LogP contribution in [0.3, 0.4) is 0 Å². The third kappa shape index (κ3) is 1.79. The Morgan fingerprint density at radius 1 is 1.50 bits per heavy atom. The van der Waals surface area contributed by atoms with E-state index in [1.54, 1.807) is 0 Å². The van der Waals surface area contributed by atoms with E-state index in [9.17, 15) is 5.11 Å². The molecule has 0 amide bonds. The molecule has 0 saturated carbocycles. The first kappa shape index (κ1) is 9.99. The third-order valence-corrected chi connectivity index (χ3v) is 8.59. The van der Waals surface area contributed by atoms with Crippen LogP contribution >= 0.6 is 0 Å². The molecule has 0 fully saturated rings. The van der Waals surface area contributed by atoms with Gasteiger partial charge in [-0.3, -0.25) is 0 Å². The van der Waals surface area contributed by atoms with E-state index in [2.05, 4.69) is 33.9 Å². The van der Waals surface area contributed by atoms with Crippen LogP contribution in [0.4, 0.5) is 0 Å². The first-order valence-corrected chi connectivity index (χ1v) is 7.90. The van der Waals surface area contributed by atoms with Crippen molar-refractivity contribution in [2.45, 2.75) is 45.5 Å². The molecule has 0 aliphatic carbocycles. The van der Waals surface area contributed by atoms with Gasteiger partial charge in [0.25, 0.3) is 0 Å². The summed E-state index contributed by atoms with van der Waals surface area (Å²) in [4.78, 5) is 0. The van der Waals surface area contributed by atoms with Gasteiger partial charge in [0.2, 0.25) is 0 Å². The lowest BCUT2D eigenvalue weighted by Gasteiger charge is -2.35. The molecule has 0 atom stereocenters. The lowest BCUT2D eigenvalue weighted by molar-refractivity contribution is 0.282. The summed E-state index contributed by atoms with van der Waals surface area (Å²) in [6.07, 6.45) is 1.43. The van der Waals surface area contributed by atoms with Crippen molar-refractivity contribution in [1.82, 2.24) is 0 Å². The molecule has 0 aromatic carbocycles. The Labute approximate surface area is 88.4 Å². The van der Waals surface area contributed by atoms with E-state index in [1.807, 2.05) is 0 Å². The van der Waals surface area contributed by atoms with E-state index in [4.69, 9.17) is 5.79 Å². The number of rotatable bonds is 2. The van der Waals surface area contributed by atoms with Gasteiger partial charge in [0.1, 0.15) is 8.07 Å². The van der Waals surface area contributed by atoms with Crippen molar-refractivity contribution in [2.24, 2.45) is 0 Å². The van der Waals surface area contributed by atoms with Crippen LogP contribution < -0.4 is 5.38 Å². The molecule has 14 heavy (non-hydrogen) atoms. The van der Waals surface area contributed by atoms with E-state index >= 15 is 0 Å². The molecule has 0 radical (unpaired) electrons. The summed E-state index contributed by atoms with van der Waals surface area (Å²) in [6.45, 7) is 10.9. The van der Waals surface area contributed by atoms with E-state index in [0.29, 0.717) is 11.6 Å². The van der Waals surface area contributed by atoms with Gasteiger partial charge >= 0.3 is 0 Å². The molecule has 0 unspecified atom stereocenters. The zero-order valence-corrected chi connectivity index (χ0v) is 10.6. The molecule has 0 aliphatic rings. The molecular weight excluding hydrogens is 192 g/mol. The Bertz CT molecular complexity index is 350. The predicted octanol–water partition coefficient (Wildman–Crippen LogP) is 2.49. The molecule has 2 nitrogen and oxygen atoms in total. The fourth-order valence-corrected chi connectivity index (χ4v) is 3.22. The van der Waals surface area contributed by atoms with Crippen LogP contribution in [-0.2, 0) is 6.61 Å². The van der Waals surface area contributed by atoms with E-state index in [1.165, 1.54) is 6.26 Å². The molecule has 0 aliphatic heterocycles. The van der Waals surface area contributed by atoms with Crippen molar-refractivity contribution in [3.8, 4) is 0 Å². The summed E-state index contributed by atoms with van der Waals surface area (Å²) >= 11 is 0. The van der Waals surface area contributed by atoms with Crippen LogP contribution in [0.25, 0.3) is 0 Å². The van der Waals surface area contributed by atoms with Crippen molar-refractivity contribution >= 4 is 13.5 Å². The first-order chi connectivity index (χ1) is 6.71. The lowest BCUT2D eigenvalue weighted by atomic mass is 10.2. The topological polar surface area (TPSA) is 33.4 Å². The van der Waals surface area contributed by atoms with Gasteiger partial charge in [-0.15, -0.1) is 0 Å². The third-order valence-electron chi connectivity index (χ3n) is 3.28. The zero-order chi connectivity index (χ0) is 11.9. The molecule has 1 rings (SSSR count). The maximum atomic E-state index is 9.26. The Morgan fingerprint density at radius 3 is 2.50 bits per heavy atom. The highest BCUT2D eigenvalue weighted by Crippen LogP contribution is 2.36. The van der Waals surface area contributed by atoms with Crippen molar-refractivity contribution in [3.05, 3.63) is 17.9 Å². The predicted molar refractivity (Wildman–Crippen MR) is 61.5 cm³/mol. The second kappa shape index (κ2) is 3.55. The van der Waals surface area contributed by atoms with Gasteiger partial charge in [-0.25, -0.2) is 0 Å². The van der Waals surface area contributed by atoms with Crippen molar-refractivity contribution < 1.29 is 10.9 Å². The van der Waals surface area contributed by atoms with Crippen molar-refractivity contribution in [2.75, 3.05) is 0 Å². The van der Waals surface area contributed by atoms with E-state index < -0.39 is 8.07 Å². The Kier molecular flexibility index (Phi) is 2.53. The Hall–Kier alpha value is -0.543. The summed E-state index contributed by atoms with van der Waals surface area (Å²) in [5.74, 6) is 0. The average molecular weight is 213 g/mol. The maximum absolute atomic E-state index is 9.26. The summed E-state index contributed by atoms with van der Waals surface area (Å²) in [6, 6.07) is 0.317. The lowest BCUT2D eigenvalue weighted by Crippen LogP contribution is -2.50. The van der Waals surface area contributed by atoms with Gasteiger partial charge in [-0.05, 0) is 11.1 Å². The highest BCUT2D eigenvalue weighted by Gasteiger charge is 2.41. The largest absolute Gasteiger partial charge is 0.474 e. The van der Waals surface area contributed by atoms with Crippen LogP contribution in [0.2, 0.25) is 18.1 Å². The zero-order valence-electron chi connectivity index (χ0n) is 10.6. The summed E-state index contributed by atoms with van der Waals surface area (Å²) < 4.78 is 13.1. The molecule has 80 valence electrons. The van der Waals surface area contributed by atoms with Gasteiger partial charge in [-0.2, -0.15) is 0 Å². The van der Waals surface area contributed by atoms with Gasteiger partial charge in [0.05, 0.1) is 19.6 Å². The molecule has 0 saturated heterocycles. The number of furan rings is 1. The van der Waals surface area contributed by atoms with Gasteiger partial charge in [0, 0.05) is 5.56 Å². The summed E-state index contributed by atoms with van der Waals surface area (Å²) in [5, 5.41) is 10.3. The fourth-order valence-electron chi connectivity index (χ4n) is 1.28. The van der Waals surface area contributed by atoms with Crippen LogP contribution in [0, 0.1) is 0 Å². The minimum Gasteiger partial charge on any atom is -0.474 e. The van der Waals surface area contributed by atoms with E-state index in [0.717, 1.165) is 5.38 Å². The average Bonchev–Trinajstić information content (AvgIpc) is 2.44.